The maximum atomic E-state index is 5.65. The summed E-state index contributed by atoms with van der Waals surface area (Å²) in [6.07, 6.45) is 5.37. The van der Waals surface area contributed by atoms with Gasteiger partial charge in [-0.25, -0.2) is 0 Å². The summed E-state index contributed by atoms with van der Waals surface area (Å²) in [5.74, 6) is 1.26. The third kappa shape index (κ3) is 7.33. The third-order valence-corrected chi connectivity index (χ3v) is 2.46. The predicted octanol–water partition coefficient (Wildman–Crippen LogP) is 2.06. The second-order valence-corrected chi connectivity index (χ2v) is 3.97. The van der Waals surface area contributed by atoms with Crippen molar-refractivity contribution in [3.63, 3.8) is 0 Å². The van der Waals surface area contributed by atoms with E-state index in [9.17, 15) is 0 Å². The fourth-order valence-electron chi connectivity index (χ4n) is 1.55. The highest BCUT2D eigenvalue weighted by atomic mass is 16.6. The smallest absolute Gasteiger partial charge is 0.160 e. The minimum Gasteiger partial charge on any atom is -0.487 e. The normalized spacial score (nSPS) is 24.2. The number of ether oxygens (including phenoxy) is 5. The Labute approximate surface area is 120 Å². The van der Waals surface area contributed by atoms with Crippen LogP contribution >= 0.6 is 0 Å². The monoisotopic (exact) mass is 284 g/mol. The maximum absolute atomic E-state index is 5.65. The number of hydrogen-bond donors (Lipinski definition) is 0. The standard InChI is InChI=1S/C15H24O5/c1-3-5-15-14(4-2)19-12-10-17-8-6-16-7-9-18-11-13-20-15/h3-5H,2,6-13H2,1H3/b5-3-,15-14-. The van der Waals surface area contributed by atoms with E-state index in [-0.39, 0.29) is 0 Å². The van der Waals surface area contributed by atoms with Gasteiger partial charge in [0.25, 0.3) is 0 Å². The van der Waals surface area contributed by atoms with E-state index in [1.54, 1.807) is 6.08 Å². The third-order valence-electron chi connectivity index (χ3n) is 2.46. The minimum atomic E-state index is 0.447. The molecule has 20 heavy (non-hydrogen) atoms. The SMILES string of the molecule is C=C/C1=C(\C=C/C)OCCOCCOCCOCCO1. The van der Waals surface area contributed by atoms with Crippen molar-refractivity contribution in [2.75, 3.05) is 52.9 Å². The van der Waals surface area contributed by atoms with Crippen LogP contribution in [0.2, 0.25) is 0 Å². The van der Waals surface area contributed by atoms with Crippen molar-refractivity contribution in [1.82, 2.24) is 0 Å². The van der Waals surface area contributed by atoms with E-state index in [1.807, 2.05) is 19.1 Å². The van der Waals surface area contributed by atoms with Gasteiger partial charge in [0.2, 0.25) is 0 Å². The van der Waals surface area contributed by atoms with Crippen LogP contribution in [0.4, 0.5) is 0 Å². The lowest BCUT2D eigenvalue weighted by molar-refractivity contribution is 0.00259. The molecule has 0 aliphatic carbocycles. The molecule has 0 aromatic heterocycles. The van der Waals surface area contributed by atoms with Gasteiger partial charge in [-0.3, -0.25) is 0 Å². The Hall–Kier alpha value is -1.30. The van der Waals surface area contributed by atoms with Gasteiger partial charge in [-0.2, -0.15) is 0 Å². The molecule has 0 radical (unpaired) electrons. The molecule has 5 heteroatoms. The van der Waals surface area contributed by atoms with Crippen molar-refractivity contribution in [3.8, 4) is 0 Å². The van der Waals surface area contributed by atoms with Crippen LogP contribution in [0.5, 0.6) is 0 Å². The van der Waals surface area contributed by atoms with Gasteiger partial charge in [0.15, 0.2) is 11.5 Å². The van der Waals surface area contributed by atoms with Crippen molar-refractivity contribution >= 4 is 0 Å². The summed E-state index contributed by atoms with van der Waals surface area (Å²) in [7, 11) is 0. The molecule has 0 aromatic carbocycles. The first-order chi connectivity index (χ1) is 9.88. The van der Waals surface area contributed by atoms with Crippen LogP contribution in [0, 0.1) is 0 Å². The van der Waals surface area contributed by atoms with Crippen LogP contribution in [0.3, 0.4) is 0 Å². The van der Waals surface area contributed by atoms with Gasteiger partial charge in [0.05, 0.1) is 39.6 Å². The molecule has 1 rings (SSSR count). The fraction of sp³-hybridized carbons (Fsp3) is 0.600. The van der Waals surface area contributed by atoms with Crippen molar-refractivity contribution < 1.29 is 23.7 Å². The van der Waals surface area contributed by atoms with Crippen molar-refractivity contribution in [2.45, 2.75) is 6.92 Å². The average molecular weight is 284 g/mol. The summed E-state index contributed by atoms with van der Waals surface area (Å²) < 4.78 is 27.4. The summed E-state index contributed by atoms with van der Waals surface area (Å²) >= 11 is 0. The molecule has 0 saturated carbocycles. The van der Waals surface area contributed by atoms with Gasteiger partial charge in [-0.15, -0.1) is 0 Å². The quantitative estimate of drug-likeness (QED) is 0.776. The van der Waals surface area contributed by atoms with Gasteiger partial charge in [-0.1, -0.05) is 12.7 Å². The molecule has 0 atom stereocenters. The van der Waals surface area contributed by atoms with E-state index in [1.165, 1.54) is 0 Å². The highest BCUT2D eigenvalue weighted by Gasteiger charge is 2.05. The zero-order valence-corrected chi connectivity index (χ0v) is 12.1. The highest BCUT2D eigenvalue weighted by Crippen LogP contribution is 2.11. The van der Waals surface area contributed by atoms with Gasteiger partial charge >= 0.3 is 0 Å². The molecular formula is C15H24O5. The van der Waals surface area contributed by atoms with Crippen LogP contribution in [0.1, 0.15) is 6.92 Å². The van der Waals surface area contributed by atoms with Gasteiger partial charge in [-0.05, 0) is 19.1 Å². The van der Waals surface area contributed by atoms with E-state index in [0.29, 0.717) is 64.4 Å². The Kier molecular flexibility index (Phi) is 9.65. The number of rotatable bonds is 2. The molecule has 0 N–H and O–H groups in total. The van der Waals surface area contributed by atoms with Crippen LogP contribution in [0.15, 0.2) is 36.3 Å². The highest BCUT2D eigenvalue weighted by molar-refractivity contribution is 5.23. The molecule has 1 aliphatic rings. The number of hydrogen-bond acceptors (Lipinski definition) is 5. The molecule has 0 bridgehead atoms. The Morgan fingerprint density at radius 2 is 1.20 bits per heavy atom. The van der Waals surface area contributed by atoms with Crippen molar-refractivity contribution in [1.29, 1.82) is 0 Å². The molecule has 1 heterocycles. The van der Waals surface area contributed by atoms with Crippen molar-refractivity contribution in [2.24, 2.45) is 0 Å². The first-order valence-corrected chi connectivity index (χ1v) is 6.86. The second kappa shape index (κ2) is 11.5. The zero-order chi connectivity index (χ0) is 14.5. The lowest BCUT2D eigenvalue weighted by Crippen LogP contribution is -2.12. The predicted molar refractivity (Wildman–Crippen MR) is 76.4 cm³/mol. The van der Waals surface area contributed by atoms with Gasteiger partial charge in [0, 0.05) is 0 Å². The van der Waals surface area contributed by atoms with E-state index >= 15 is 0 Å². The van der Waals surface area contributed by atoms with Gasteiger partial charge in [0.1, 0.15) is 13.2 Å². The molecule has 0 aromatic rings. The Bertz CT molecular complexity index is 322. The summed E-state index contributed by atoms with van der Waals surface area (Å²) in [5.41, 5.74) is 0. The molecular weight excluding hydrogens is 260 g/mol. The van der Waals surface area contributed by atoms with Crippen LogP contribution in [0.25, 0.3) is 0 Å². The van der Waals surface area contributed by atoms with Crippen LogP contribution in [-0.2, 0) is 23.7 Å². The average Bonchev–Trinajstić information content (AvgIpc) is 2.47. The van der Waals surface area contributed by atoms with Crippen LogP contribution < -0.4 is 0 Å². The molecule has 0 fully saturated rings. The molecule has 0 amide bonds. The summed E-state index contributed by atoms with van der Waals surface area (Å²) in [4.78, 5) is 0. The largest absolute Gasteiger partial charge is 0.487 e. The molecule has 114 valence electrons. The van der Waals surface area contributed by atoms with E-state index < -0.39 is 0 Å². The topological polar surface area (TPSA) is 46.2 Å². The fourth-order valence-corrected chi connectivity index (χ4v) is 1.55. The van der Waals surface area contributed by atoms with E-state index in [2.05, 4.69) is 6.58 Å². The summed E-state index contributed by atoms with van der Waals surface area (Å²) in [6.45, 7) is 9.80. The molecule has 5 nitrogen and oxygen atoms in total. The Balaban J connectivity index is 2.59. The Morgan fingerprint density at radius 1 is 0.750 bits per heavy atom. The molecule has 0 saturated heterocycles. The van der Waals surface area contributed by atoms with Gasteiger partial charge < -0.3 is 23.7 Å². The lowest BCUT2D eigenvalue weighted by Gasteiger charge is -2.12. The molecule has 0 unspecified atom stereocenters. The maximum Gasteiger partial charge on any atom is 0.160 e. The molecule has 0 spiro atoms. The first-order valence-electron chi connectivity index (χ1n) is 6.86. The minimum absolute atomic E-state index is 0.447. The van der Waals surface area contributed by atoms with Crippen molar-refractivity contribution in [3.05, 3.63) is 36.3 Å². The number of allylic oxidation sites excluding steroid dienone is 3. The summed E-state index contributed by atoms with van der Waals surface area (Å²) in [6, 6.07) is 0. The van der Waals surface area contributed by atoms with E-state index in [0.717, 1.165) is 0 Å². The van der Waals surface area contributed by atoms with Crippen LogP contribution in [-0.4, -0.2) is 52.9 Å². The van der Waals surface area contributed by atoms with E-state index in [4.69, 9.17) is 23.7 Å². The first kappa shape index (κ1) is 16.8. The second-order valence-electron chi connectivity index (χ2n) is 3.97. The molecule has 1 aliphatic heterocycles. The summed E-state index contributed by atoms with van der Waals surface area (Å²) in [5, 5.41) is 0. The lowest BCUT2D eigenvalue weighted by atomic mass is 10.3. The Morgan fingerprint density at radius 3 is 1.65 bits per heavy atom. The zero-order valence-electron chi connectivity index (χ0n) is 12.1.